The quantitative estimate of drug-likeness (QED) is 0.399. The molecule has 0 radical (unpaired) electrons. The first-order chi connectivity index (χ1) is 15.6. The van der Waals surface area contributed by atoms with Gasteiger partial charge in [-0.25, -0.2) is 9.97 Å². The van der Waals surface area contributed by atoms with Crippen molar-refractivity contribution in [3.8, 4) is 11.4 Å². The Balaban J connectivity index is 1.45. The number of benzene rings is 2. The molecule has 0 bridgehead atoms. The first kappa shape index (κ1) is 21.6. The van der Waals surface area contributed by atoms with Crippen molar-refractivity contribution in [3.05, 3.63) is 90.2 Å². The highest BCUT2D eigenvalue weighted by atomic mass is 35.5. The second-order valence-corrected chi connectivity index (χ2v) is 7.90. The minimum atomic E-state index is -0.166. The normalized spacial score (nSPS) is 11.8. The number of nitrogens with one attached hydrogen (secondary N) is 1. The SMILES string of the molecule is CC(=O)Nc1nccn1-c1ccc(OC(CCc2ccc(Cl)cc2)Cn2ccnc2)cc1. The molecule has 4 rings (SSSR count). The number of hydrogen-bond acceptors (Lipinski definition) is 4. The number of amides is 1. The molecule has 1 unspecified atom stereocenters. The fourth-order valence-electron chi connectivity index (χ4n) is 3.44. The van der Waals surface area contributed by atoms with E-state index in [9.17, 15) is 4.79 Å². The summed E-state index contributed by atoms with van der Waals surface area (Å²) in [7, 11) is 0. The third-order valence-electron chi connectivity index (χ3n) is 4.99. The number of rotatable bonds is 9. The van der Waals surface area contributed by atoms with Crippen LogP contribution in [-0.2, 0) is 17.8 Å². The average molecular weight is 450 g/mol. The molecule has 164 valence electrons. The molecule has 1 N–H and O–H groups in total. The molecule has 8 heteroatoms. The second-order valence-electron chi connectivity index (χ2n) is 7.46. The number of anilines is 1. The molecule has 2 heterocycles. The molecule has 1 amide bonds. The molecule has 0 aliphatic heterocycles. The molecular formula is C24H24ClN5O2. The summed E-state index contributed by atoms with van der Waals surface area (Å²) in [6.45, 7) is 2.16. The Morgan fingerprint density at radius 2 is 1.88 bits per heavy atom. The van der Waals surface area contributed by atoms with Gasteiger partial charge in [-0.3, -0.25) is 14.7 Å². The van der Waals surface area contributed by atoms with Crippen LogP contribution >= 0.6 is 11.6 Å². The number of aromatic nitrogens is 4. The fraction of sp³-hybridized carbons (Fsp3) is 0.208. The predicted molar refractivity (Wildman–Crippen MR) is 124 cm³/mol. The van der Waals surface area contributed by atoms with Gasteiger partial charge in [0.2, 0.25) is 11.9 Å². The zero-order chi connectivity index (χ0) is 22.3. The number of halogens is 1. The Kier molecular flexibility index (Phi) is 6.87. The number of imidazole rings is 2. The lowest BCUT2D eigenvalue weighted by atomic mass is 10.1. The van der Waals surface area contributed by atoms with Crippen LogP contribution in [0.3, 0.4) is 0 Å². The van der Waals surface area contributed by atoms with Gasteiger partial charge in [0.25, 0.3) is 0 Å². The van der Waals surface area contributed by atoms with Crippen molar-refractivity contribution in [2.24, 2.45) is 0 Å². The molecule has 0 saturated carbocycles. The average Bonchev–Trinajstić information content (AvgIpc) is 3.45. The maximum atomic E-state index is 11.4. The number of carbonyl (C=O) groups excluding carboxylic acids is 1. The van der Waals surface area contributed by atoms with E-state index in [-0.39, 0.29) is 12.0 Å². The first-order valence-electron chi connectivity index (χ1n) is 10.3. The van der Waals surface area contributed by atoms with Crippen LogP contribution in [0.1, 0.15) is 18.9 Å². The summed E-state index contributed by atoms with van der Waals surface area (Å²) >= 11 is 6.00. The summed E-state index contributed by atoms with van der Waals surface area (Å²) < 4.78 is 10.2. The van der Waals surface area contributed by atoms with Gasteiger partial charge >= 0.3 is 0 Å². The number of carbonyl (C=O) groups is 1. The summed E-state index contributed by atoms with van der Waals surface area (Å²) in [6.07, 6.45) is 10.6. The molecule has 2 aromatic heterocycles. The minimum Gasteiger partial charge on any atom is -0.489 e. The van der Waals surface area contributed by atoms with Gasteiger partial charge in [0, 0.05) is 42.4 Å². The fourth-order valence-corrected chi connectivity index (χ4v) is 3.56. The monoisotopic (exact) mass is 449 g/mol. The van der Waals surface area contributed by atoms with Gasteiger partial charge in [0.15, 0.2) is 0 Å². The lowest BCUT2D eigenvalue weighted by Gasteiger charge is -2.20. The Morgan fingerprint density at radius 1 is 1.09 bits per heavy atom. The van der Waals surface area contributed by atoms with Crippen LogP contribution < -0.4 is 10.1 Å². The Hall–Kier alpha value is -3.58. The van der Waals surface area contributed by atoms with E-state index in [4.69, 9.17) is 16.3 Å². The third-order valence-corrected chi connectivity index (χ3v) is 5.24. The number of hydrogen-bond donors (Lipinski definition) is 1. The largest absolute Gasteiger partial charge is 0.489 e. The molecular weight excluding hydrogens is 426 g/mol. The predicted octanol–water partition coefficient (Wildman–Crippen LogP) is 4.76. The maximum absolute atomic E-state index is 11.4. The van der Waals surface area contributed by atoms with Gasteiger partial charge in [-0.2, -0.15) is 0 Å². The molecule has 4 aromatic rings. The first-order valence-corrected chi connectivity index (χ1v) is 10.7. The van der Waals surface area contributed by atoms with Crippen molar-refractivity contribution >= 4 is 23.5 Å². The van der Waals surface area contributed by atoms with Gasteiger partial charge in [-0.1, -0.05) is 23.7 Å². The van der Waals surface area contributed by atoms with E-state index >= 15 is 0 Å². The van der Waals surface area contributed by atoms with Gasteiger partial charge in [0.05, 0.1) is 12.9 Å². The Bertz CT molecular complexity index is 1140. The van der Waals surface area contributed by atoms with Crippen molar-refractivity contribution in [2.45, 2.75) is 32.4 Å². The van der Waals surface area contributed by atoms with Crippen molar-refractivity contribution in [1.29, 1.82) is 0 Å². The molecule has 7 nitrogen and oxygen atoms in total. The highest BCUT2D eigenvalue weighted by molar-refractivity contribution is 6.30. The van der Waals surface area contributed by atoms with Crippen LogP contribution in [-0.4, -0.2) is 31.1 Å². The van der Waals surface area contributed by atoms with Crippen LogP contribution in [0, 0.1) is 0 Å². The topological polar surface area (TPSA) is 74.0 Å². The van der Waals surface area contributed by atoms with E-state index in [1.54, 1.807) is 24.9 Å². The minimum absolute atomic E-state index is 0.0334. The summed E-state index contributed by atoms with van der Waals surface area (Å²) in [5.41, 5.74) is 2.10. The van der Waals surface area contributed by atoms with E-state index < -0.39 is 0 Å². The Labute approximate surface area is 191 Å². The van der Waals surface area contributed by atoms with Crippen LogP contribution in [0.25, 0.3) is 5.69 Å². The van der Waals surface area contributed by atoms with Gasteiger partial charge in [0.1, 0.15) is 11.9 Å². The van der Waals surface area contributed by atoms with E-state index in [0.29, 0.717) is 12.5 Å². The van der Waals surface area contributed by atoms with Gasteiger partial charge in [-0.15, -0.1) is 0 Å². The summed E-state index contributed by atoms with van der Waals surface area (Å²) in [4.78, 5) is 19.7. The molecule has 0 aliphatic carbocycles. The van der Waals surface area contributed by atoms with Gasteiger partial charge < -0.3 is 9.30 Å². The van der Waals surface area contributed by atoms with Crippen molar-refractivity contribution in [1.82, 2.24) is 19.1 Å². The summed E-state index contributed by atoms with van der Waals surface area (Å²) in [5.74, 6) is 1.09. The van der Waals surface area contributed by atoms with E-state index in [0.717, 1.165) is 29.3 Å². The maximum Gasteiger partial charge on any atom is 0.223 e. The second kappa shape index (κ2) is 10.2. The Morgan fingerprint density at radius 3 is 2.56 bits per heavy atom. The summed E-state index contributed by atoms with van der Waals surface area (Å²) in [5, 5.41) is 3.46. The number of aryl methyl sites for hydroxylation is 1. The van der Waals surface area contributed by atoms with Crippen LogP contribution in [0.15, 0.2) is 79.6 Å². The third kappa shape index (κ3) is 5.76. The summed E-state index contributed by atoms with van der Waals surface area (Å²) in [6, 6.07) is 15.6. The lowest BCUT2D eigenvalue weighted by Crippen LogP contribution is -2.23. The van der Waals surface area contributed by atoms with Gasteiger partial charge in [-0.05, 0) is 54.8 Å². The molecule has 2 aromatic carbocycles. The van der Waals surface area contributed by atoms with E-state index in [2.05, 4.69) is 15.3 Å². The smallest absolute Gasteiger partial charge is 0.223 e. The molecule has 0 spiro atoms. The van der Waals surface area contributed by atoms with Crippen LogP contribution in [0.2, 0.25) is 5.02 Å². The molecule has 0 fully saturated rings. The highest BCUT2D eigenvalue weighted by Crippen LogP contribution is 2.21. The van der Waals surface area contributed by atoms with E-state index in [1.807, 2.05) is 63.9 Å². The van der Waals surface area contributed by atoms with E-state index in [1.165, 1.54) is 12.5 Å². The lowest BCUT2D eigenvalue weighted by molar-refractivity contribution is -0.114. The van der Waals surface area contributed by atoms with Crippen molar-refractivity contribution in [2.75, 3.05) is 5.32 Å². The highest BCUT2D eigenvalue weighted by Gasteiger charge is 2.13. The van der Waals surface area contributed by atoms with Crippen molar-refractivity contribution < 1.29 is 9.53 Å². The zero-order valence-corrected chi connectivity index (χ0v) is 18.4. The van der Waals surface area contributed by atoms with Crippen molar-refractivity contribution in [3.63, 3.8) is 0 Å². The van der Waals surface area contributed by atoms with Crippen LogP contribution in [0.4, 0.5) is 5.95 Å². The van der Waals surface area contributed by atoms with Crippen LogP contribution in [0.5, 0.6) is 5.75 Å². The molecule has 0 saturated heterocycles. The molecule has 1 atom stereocenters. The molecule has 32 heavy (non-hydrogen) atoms. The molecule has 0 aliphatic rings. The standard InChI is InChI=1S/C24H24ClN5O2/c1-18(31)28-24-27-13-15-30(24)21-7-10-22(11-8-21)32-23(16-29-14-12-26-17-29)9-4-19-2-5-20(25)6-3-19/h2-3,5-8,10-15,17,23H,4,9,16H2,1H3,(H,27,28,31). The zero-order valence-electron chi connectivity index (χ0n) is 17.7. The number of nitrogens with zero attached hydrogens (tertiary/aromatic N) is 4. The number of ether oxygens (including phenoxy) is 1.